The molecule has 5 aliphatic rings. The Kier molecular flexibility index (Phi) is 6.72. The lowest BCUT2D eigenvalue weighted by molar-refractivity contribution is -0.307. The van der Waals surface area contributed by atoms with Crippen molar-refractivity contribution in [3.63, 3.8) is 0 Å². The normalized spacial score (nSPS) is 52.3. The van der Waals surface area contributed by atoms with Gasteiger partial charge >= 0.3 is 5.63 Å². The second kappa shape index (κ2) is 9.44. The quantitative estimate of drug-likeness (QED) is 0.293. The van der Waals surface area contributed by atoms with Crippen LogP contribution in [0.1, 0.15) is 77.2 Å². The molecule has 1 saturated heterocycles. The van der Waals surface area contributed by atoms with Crippen molar-refractivity contribution in [2.24, 2.45) is 16.7 Å². The van der Waals surface area contributed by atoms with Gasteiger partial charge in [-0.1, -0.05) is 25.5 Å². The predicted molar refractivity (Wildman–Crippen MR) is 141 cm³/mol. The Balaban J connectivity index is 1.27. The lowest BCUT2D eigenvalue weighted by Crippen LogP contribution is -2.75. The standard InChI is InChI=1S/C30H42O10/c1-15-23(33)24(34)25(35)26(39-15)40-18-7-9-27(2)17(12-18)6-10-29(36)20(27)13-21(31)28(3)19(8-11-30(28,29)37)16-4-5-22(32)38-14-16/h4-5,12,14-15,18-21,23-26,31,33-37H,6-11,13H2,1-3H3/t15-,18-,19+,20-,21+,23-,24+,25+,26-,27-,28-,29-,30+/m0/s1. The minimum atomic E-state index is -1.54. The van der Waals surface area contributed by atoms with Crippen LogP contribution in [-0.2, 0) is 9.47 Å². The molecule has 1 aliphatic heterocycles. The Bertz CT molecular complexity index is 1210. The zero-order chi connectivity index (χ0) is 28.8. The van der Waals surface area contributed by atoms with Gasteiger partial charge < -0.3 is 44.5 Å². The molecule has 4 aliphatic carbocycles. The van der Waals surface area contributed by atoms with E-state index in [0.717, 1.165) is 11.1 Å². The Hall–Kier alpha value is -1.63. The van der Waals surface area contributed by atoms with Gasteiger partial charge in [-0.3, -0.25) is 0 Å². The zero-order valence-electron chi connectivity index (χ0n) is 23.3. The first-order valence-electron chi connectivity index (χ1n) is 14.5. The molecule has 4 fully saturated rings. The topological polar surface area (TPSA) is 170 Å². The summed E-state index contributed by atoms with van der Waals surface area (Å²) in [4.78, 5) is 11.6. The van der Waals surface area contributed by atoms with Crippen molar-refractivity contribution in [1.82, 2.24) is 0 Å². The van der Waals surface area contributed by atoms with E-state index in [4.69, 9.17) is 13.9 Å². The highest BCUT2D eigenvalue weighted by molar-refractivity contribution is 5.36. The molecular weight excluding hydrogens is 520 g/mol. The number of aliphatic hydroxyl groups is 6. The van der Waals surface area contributed by atoms with Gasteiger partial charge in [-0.15, -0.1) is 0 Å². The number of hydrogen-bond acceptors (Lipinski definition) is 10. The Morgan fingerprint density at radius 1 is 0.975 bits per heavy atom. The summed E-state index contributed by atoms with van der Waals surface area (Å²) in [5, 5.41) is 67.2. The second-order valence-corrected chi connectivity index (χ2v) is 13.4. The highest BCUT2D eigenvalue weighted by Gasteiger charge is 2.76. The minimum absolute atomic E-state index is 0.283. The Labute approximate surface area is 233 Å². The first-order chi connectivity index (χ1) is 18.8. The van der Waals surface area contributed by atoms with Crippen molar-refractivity contribution in [3.8, 4) is 0 Å². The van der Waals surface area contributed by atoms with Gasteiger partial charge in [0.05, 0.1) is 30.2 Å². The monoisotopic (exact) mass is 562 g/mol. The van der Waals surface area contributed by atoms with Crippen molar-refractivity contribution < 1.29 is 44.5 Å². The molecule has 0 radical (unpaired) electrons. The maximum absolute atomic E-state index is 12.5. The van der Waals surface area contributed by atoms with Crippen molar-refractivity contribution in [2.45, 2.75) is 126 Å². The summed E-state index contributed by atoms with van der Waals surface area (Å²) in [7, 11) is 0. The van der Waals surface area contributed by atoms with Gasteiger partial charge in [0, 0.05) is 17.4 Å². The van der Waals surface area contributed by atoms with Crippen LogP contribution in [0.2, 0.25) is 0 Å². The van der Waals surface area contributed by atoms with E-state index in [9.17, 15) is 35.4 Å². The van der Waals surface area contributed by atoms with Crippen LogP contribution < -0.4 is 5.63 Å². The van der Waals surface area contributed by atoms with Crippen molar-refractivity contribution >= 4 is 0 Å². The lowest BCUT2D eigenvalue weighted by atomic mass is 9.42. The summed E-state index contributed by atoms with van der Waals surface area (Å²) in [6, 6.07) is 3.04. The van der Waals surface area contributed by atoms with Crippen LogP contribution in [0, 0.1) is 16.7 Å². The van der Waals surface area contributed by atoms with Gasteiger partial charge in [-0.05, 0) is 74.8 Å². The van der Waals surface area contributed by atoms with Gasteiger partial charge in [-0.2, -0.15) is 0 Å². The molecule has 6 N–H and O–H groups in total. The molecule has 0 spiro atoms. The van der Waals surface area contributed by atoms with Crippen LogP contribution in [0.3, 0.4) is 0 Å². The molecule has 0 bridgehead atoms. The van der Waals surface area contributed by atoms with Crippen LogP contribution in [0.4, 0.5) is 0 Å². The largest absolute Gasteiger partial charge is 0.431 e. The summed E-state index contributed by atoms with van der Waals surface area (Å²) in [5.74, 6) is -0.677. The number of ether oxygens (including phenoxy) is 2. The number of rotatable bonds is 3. The molecule has 3 saturated carbocycles. The molecule has 1 aromatic rings. The number of fused-ring (bicyclic) bond motifs is 5. The van der Waals surface area contributed by atoms with E-state index in [2.05, 4.69) is 6.92 Å². The van der Waals surface area contributed by atoms with Gasteiger partial charge in [0.15, 0.2) is 6.29 Å². The summed E-state index contributed by atoms with van der Waals surface area (Å²) >= 11 is 0. The molecule has 0 amide bonds. The van der Waals surface area contributed by atoms with E-state index >= 15 is 0 Å². The average Bonchev–Trinajstić information content (AvgIpc) is 3.21. The van der Waals surface area contributed by atoms with Crippen LogP contribution in [0.15, 0.2) is 39.3 Å². The van der Waals surface area contributed by atoms with E-state index in [1.165, 1.54) is 12.3 Å². The molecule has 1 aromatic heterocycles. The second-order valence-electron chi connectivity index (χ2n) is 13.4. The summed E-state index contributed by atoms with van der Waals surface area (Å²) in [6.45, 7) is 5.56. The number of allylic oxidation sites excluding steroid dienone is 1. The molecule has 10 heteroatoms. The highest BCUT2D eigenvalue weighted by atomic mass is 16.7. The lowest BCUT2D eigenvalue weighted by Gasteiger charge is -2.67. The highest BCUT2D eigenvalue weighted by Crippen LogP contribution is 2.71. The van der Waals surface area contributed by atoms with Gasteiger partial charge in [0.2, 0.25) is 0 Å². The van der Waals surface area contributed by atoms with Gasteiger partial charge in [-0.25, -0.2) is 4.79 Å². The maximum atomic E-state index is 12.5. The first-order valence-corrected chi connectivity index (χ1v) is 14.5. The average molecular weight is 563 g/mol. The third-order valence-electron chi connectivity index (χ3n) is 11.7. The van der Waals surface area contributed by atoms with Crippen LogP contribution in [-0.4, -0.2) is 84.8 Å². The SMILES string of the molecule is C[C@@H]1O[C@@H](O[C@@H]2C=C3CC[C@]4(O)[C@@H](C[C@@H](O)[C@]5(C)[C@@H](c6ccc(=O)oc6)CC[C@@]54O)[C@@]3(C)CC2)[C@H](O)[C@H](O)[C@H]1O. The van der Waals surface area contributed by atoms with Crippen LogP contribution >= 0.6 is 0 Å². The van der Waals surface area contributed by atoms with E-state index in [1.807, 2.05) is 13.0 Å². The summed E-state index contributed by atoms with van der Waals surface area (Å²) in [5.41, 5.74) is -3.14. The number of hydrogen-bond donors (Lipinski definition) is 6. The minimum Gasteiger partial charge on any atom is -0.431 e. The van der Waals surface area contributed by atoms with Crippen LogP contribution in [0.25, 0.3) is 0 Å². The summed E-state index contributed by atoms with van der Waals surface area (Å²) < 4.78 is 16.8. The van der Waals surface area contributed by atoms with Crippen molar-refractivity contribution in [3.05, 3.63) is 46.0 Å². The Morgan fingerprint density at radius 3 is 2.42 bits per heavy atom. The fourth-order valence-electron chi connectivity index (χ4n) is 9.20. The molecule has 40 heavy (non-hydrogen) atoms. The molecule has 13 atom stereocenters. The van der Waals surface area contributed by atoms with E-state index in [0.29, 0.717) is 44.9 Å². The molecule has 2 heterocycles. The third-order valence-corrected chi connectivity index (χ3v) is 11.7. The molecule has 10 nitrogen and oxygen atoms in total. The first kappa shape index (κ1) is 28.5. The molecule has 0 aromatic carbocycles. The van der Waals surface area contributed by atoms with Crippen LogP contribution in [0.5, 0.6) is 0 Å². The van der Waals surface area contributed by atoms with Gasteiger partial charge in [0.1, 0.15) is 23.9 Å². The van der Waals surface area contributed by atoms with E-state index in [1.54, 1.807) is 13.0 Å². The smallest absolute Gasteiger partial charge is 0.335 e. The number of aliphatic hydroxyl groups excluding tert-OH is 4. The maximum Gasteiger partial charge on any atom is 0.335 e. The van der Waals surface area contributed by atoms with Crippen molar-refractivity contribution in [1.29, 1.82) is 0 Å². The zero-order valence-corrected chi connectivity index (χ0v) is 23.3. The fourth-order valence-corrected chi connectivity index (χ4v) is 9.20. The Morgan fingerprint density at radius 2 is 1.73 bits per heavy atom. The predicted octanol–water partition coefficient (Wildman–Crippen LogP) is 1.10. The molecule has 222 valence electrons. The fraction of sp³-hybridized carbons (Fsp3) is 0.767. The van der Waals surface area contributed by atoms with Crippen molar-refractivity contribution in [2.75, 3.05) is 0 Å². The van der Waals surface area contributed by atoms with Gasteiger partial charge in [0.25, 0.3) is 0 Å². The van der Waals surface area contributed by atoms with E-state index in [-0.39, 0.29) is 5.92 Å². The van der Waals surface area contributed by atoms with E-state index < -0.39 is 76.5 Å². The third kappa shape index (κ3) is 3.74. The summed E-state index contributed by atoms with van der Waals surface area (Å²) in [6.07, 6.45) is -0.392. The molecule has 6 rings (SSSR count). The molecular formula is C30H42O10. The molecule has 0 unspecified atom stereocenters.